The molecule has 1 saturated heterocycles. The number of aliphatic carboxylic acids is 1. The molecule has 108 valence electrons. The van der Waals surface area contributed by atoms with Crippen molar-refractivity contribution in [2.24, 2.45) is 0 Å². The van der Waals surface area contributed by atoms with Crippen molar-refractivity contribution in [2.75, 3.05) is 38.0 Å². The van der Waals surface area contributed by atoms with Crippen molar-refractivity contribution in [3.63, 3.8) is 0 Å². The van der Waals surface area contributed by atoms with E-state index in [1.807, 2.05) is 30.3 Å². The minimum Gasteiger partial charge on any atom is -0.481 e. The molecule has 0 aliphatic carbocycles. The largest absolute Gasteiger partial charge is 0.481 e. The predicted molar refractivity (Wildman–Crippen MR) is 75.7 cm³/mol. The molecular weight excluding hydrogens is 258 g/mol. The highest BCUT2D eigenvalue weighted by atomic mass is 16.4. The summed E-state index contributed by atoms with van der Waals surface area (Å²) in [6.07, 6.45) is 0.149. The monoisotopic (exact) mass is 277 g/mol. The Kier molecular flexibility index (Phi) is 4.95. The van der Waals surface area contributed by atoms with Crippen LogP contribution >= 0.6 is 0 Å². The summed E-state index contributed by atoms with van der Waals surface area (Å²) in [6, 6.07) is 9.24. The number of urea groups is 1. The summed E-state index contributed by atoms with van der Waals surface area (Å²) in [4.78, 5) is 26.4. The van der Waals surface area contributed by atoms with Crippen LogP contribution in [0.25, 0.3) is 0 Å². The topological polar surface area (TPSA) is 72.9 Å². The molecule has 6 nitrogen and oxygen atoms in total. The maximum Gasteiger partial charge on any atom is 0.321 e. The van der Waals surface area contributed by atoms with Gasteiger partial charge in [-0.05, 0) is 12.1 Å². The minimum atomic E-state index is -0.783. The third kappa shape index (κ3) is 4.24. The van der Waals surface area contributed by atoms with Gasteiger partial charge in [0.15, 0.2) is 0 Å². The van der Waals surface area contributed by atoms with E-state index in [1.165, 1.54) is 0 Å². The number of nitrogens with zero attached hydrogens (tertiary/aromatic N) is 2. The van der Waals surface area contributed by atoms with Crippen molar-refractivity contribution in [2.45, 2.75) is 6.42 Å². The second-order valence-corrected chi connectivity index (χ2v) is 4.77. The number of para-hydroxylation sites is 1. The lowest BCUT2D eigenvalue weighted by molar-refractivity contribution is -0.137. The van der Waals surface area contributed by atoms with Gasteiger partial charge in [-0.25, -0.2) is 4.79 Å². The number of amides is 2. The Morgan fingerprint density at radius 3 is 2.35 bits per heavy atom. The normalized spacial score (nSPS) is 15.9. The number of hydrogen-bond donors (Lipinski definition) is 2. The number of rotatable bonds is 4. The number of carboxylic acid groups (broad SMARTS) is 1. The predicted octanol–water partition coefficient (Wildman–Crippen LogP) is 1.31. The summed E-state index contributed by atoms with van der Waals surface area (Å²) in [5.41, 5.74) is 0.783. The maximum absolute atomic E-state index is 12.0. The van der Waals surface area contributed by atoms with Crippen molar-refractivity contribution < 1.29 is 14.7 Å². The van der Waals surface area contributed by atoms with E-state index in [-0.39, 0.29) is 12.5 Å². The molecule has 1 aromatic rings. The number of piperazine rings is 1. The molecule has 2 amide bonds. The number of carboxylic acids is 1. The second-order valence-electron chi connectivity index (χ2n) is 4.77. The summed E-state index contributed by atoms with van der Waals surface area (Å²) >= 11 is 0. The van der Waals surface area contributed by atoms with Crippen molar-refractivity contribution in [3.8, 4) is 0 Å². The Balaban J connectivity index is 1.76. The van der Waals surface area contributed by atoms with Gasteiger partial charge in [0, 0.05) is 38.4 Å². The molecule has 0 atom stereocenters. The molecule has 1 fully saturated rings. The van der Waals surface area contributed by atoms with Gasteiger partial charge in [-0.1, -0.05) is 18.2 Å². The number of nitrogens with one attached hydrogen (secondary N) is 1. The van der Waals surface area contributed by atoms with E-state index in [0.29, 0.717) is 19.6 Å². The summed E-state index contributed by atoms with van der Waals surface area (Å²) in [7, 11) is 0. The maximum atomic E-state index is 12.0. The van der Waals surface area contributed by atoms with Gasteiger partial charge in [0.25, 0.3) is 0 Å². The molecule has 0 unspecified atom stereocenters. The van der Waals surface area contributed by atoms with Gasteiger partial charge in [0.05, 0.1) is 6.42 Å². The Bertz CT molecular complexity index is 456. The van der Waals surface area contributed by atoms with Gasteiger partial charge in [0.1, 0.15) is 0 Å². The summed E-state index contributed by atoms with van der Waals surface area (Å²) in [6.45, 7) is 3.23. The van der Waals surface area contributed by atoms with E-state index in [1.54, 1.807) is 4.90 Å². The van der Waals surface area contributed by atoms with E-state index < -0.39 is 5.97 Å². The zero-order valence-corrected chi connectivity index (χ0v) is 11.3. The van der Waals surface area contributed by atoms with Gasteiger partial charge in [-0.2, -0.15) is 0 Å². The van der Waals surface area contributed by atoms with Crippen molar-refractivity contribution >= 4 is 17.7 Å². The first kappa shape index (κ1) is 14.3. The molecule has 0 saturated carbocycles. The van der Waals surface area contributed by atoms with E-state index in [0.717, 1.165) is 18.8 Å². The Labute approximate surface area is 118 Å². The van der Waals surface area contributed by atoms with Crippen molar-refractivity contribution in [1.82, 2.24) is 9.80 Å². The van der Waals surface area contributed by atoms with E-state index >= 15 is 0 Å². The van der Waals surface area contributed by atoms with Crippen LogP contribution in [-0.4, -0.2) is 59.6 Å². The molecule has 6 heteroatoms. The molecule has 1 aliphatic rings. The average molecular weight is 277 g/mol. The van der Waals surface area contributed by atoms with E-state index in [9.17, 15) is 9.59 Å². The first-order valence-electron chi connectivity index (χ1n) is 6.70. The van der Waals surface area contributed by atoms with E-state index in [4.69, 9.17) is 5.11 Å². The lowest BCUT2D eigenvalue weighted by Crippen LogP contribution is -2.50. The molecule has 0 radical (unpaired) electrons. The van der Waals surface area contributed by atoms with Crippen LogP contribution in [0, 0.1) is 0 Å². The number of hydrogen-bond acceptors (Lipinski definition) is 3. The summed E-state index contributed by atoms with van der Waals surface area (Å²) < 4.78 is 0. The molecule has 2 rings (SSSR count). The molecular formula is C14H19N3O3. The molecule has 1 aliphatic heterocycles. The van der Waals surface area contributed by atoms with Gasteiger partial charge >= 0.3 is 12.0 Å². The first-order chi connectivity index (χ1) is 9.65. The number of carbonyl (C=O) groups excluding carboxylic acids is 1. The smallest absolute Gasteiger partial charge is 0.321 e. The average Bonchev–Trinajstić information content (AvgIpc) is 2.46. The fraction of sp³-hybridized carbons (Fsp3) is 0.429. The lowest BCUT2D eigenvalue weighted by atomic mass is 10.3. The van der Waals surface area contributed by atoms with Crippen LogP contribution in [0.4, 0.5) is 10.5 Å². The highest BCUT2D eigenvalue weighted by Gasteiger charge is 2.21. The molecule has 0 aromatic heterocycles. The summed E-state index contributed by atoms with van der Waals surface area (Å²) in [5, 5.41) is 11.5. The standard InChI is InChI=1S/C14H19N3O3/c18-13(19)6-7-16-8-10-17(11-9-16)14(20)15-12-4-2-1-3-5-12/h1-5H,6-11H2,(H,15,20)(H,18,19). The minimum absolute atomic E-state index is 0.103. The van der Waals surface area contributed by atoms with Crippen LogP contribution in [0.5, 0.6) is 0 Å². The van der Waals surface area contributed by atoms with Crippen LogP contribution in [-0.2, 0) is 4.79 Å². The lowest BCUT2D eigenvalue weighted by Gasteiger charge is -2.34. The van der Waals surface area contributed by atoms with Crippen LogP contribution in [0.15, 0.2) is 30.3 Å². The highest BCUT2D eigenvalue weighted by Crippen LogP contribution is 2.09. The number of benzene rings is 1. The third-order valence-electron chi connectivity index (χ3n) is 3.33. The zero-order valence-electron chi connectivity index (χ0n) is 11.3. The summed E-state index contributed by atoms with van der Waals surface area (Å²) in [5.74, 6) is -0.783. The van der Waals surface area contributed by atoms with Crippen molar-refractivity contribution in [1.29, 1.82) is 0 Å². The fourth-order valence-corrected chi connectivity index (χ4v) is 2.15. The van der Waals surface area contributed by atoms with E-state index in [2.05, 4.69) is 10.2 Å². The van der Waals surface area contributed by atoms with Crippen LogP contribution in [0.2, 0.25) is 0 Å². The molecule has 1 heterocycles. The number of carbonyl (C=O) groups is 2. The zero-order chi connectivity index (χ0) is 14.4. The van der Waals surface area contributed by atoms with Crippen LogP contribution in [0.3, 0.4) is 0 Å². The Morgan fingerprint density at radius 1 is 1.10 bits per heavy atom. The van der Waals surface area contributed by atoms with Crippen LogP contribution in [0.1, 0.15) is 6.42 Å². The fourth-order valence-electron chi connectivity index (χ4n) is 2.15. The second kappa shape index (κ2) is 6.91. The molecule has 0 spiro atoms. The molecule has 20 heavy (non-hydrogen) atoms. The molecule has 1 aromatic carbocycles. The quantitative estimate of drug-likeness (QED) is 0.870. The van der Waals surface area contributed by atoms with Gasteiger partial charge in [-0.15, -0.1) is 0 Å². The first-order valence-corrected chi connectivity index (χ1v) is 6.70. The highest BCUT2D eigenvalue weighted by molar-refractivity contribution is 5.89. The van der Waals surface area contributed by atoms with Gasteiger partial charge in [-0.3, -0.25) is 9.69 Å². The third-order valence-corrected chi connectivity index (χ3v) is 3.33. The molecule has 2 N–H and O–H groups in total. The molecule has 0 bridgehead atoms. The van der Waals surface area contributed by atoms with Crippen LogP contribution < -0.4 is 5.32 Å². The van der Waals surface area contributed by atoms with Crippen molar-refractivity contribution in [3.05, 3.63) is 30.3 Å². The Hall–Kier alpha value is -2.08. The van der Waals surface area contributed by atoms with Gasteiger partial charge in [0.2, 0.25) is 0 Å². The SMILES string of the molecule is O=C(O)CCN1CCN(C(=O)Nc2ccccc2)CC1. The number of anilines is 1. The van der Waals surface area contributed by atoms with Gasteiger partial charge < -0.3 is 15.3 Å². The Morgan fingerprint density at radius 2 is 1.75 bits per heavy atom.